The van der Waals surface area contributed by atoms with Crippen molar-refractivity contribution in [2.45, 2.75) is 44.8 Å². The van der Waals surface area contributed by atoms with Crippen LogP contribution in [0, 0.1) is 23.7 Å². The number of hydrogen-bond donors (Lipinski definition) is 2. The number of benzene rings is 1. The van der Waals surface area contributed by atoms with Crippen molar-refractivity contribution in [3.8, 4) is 29.4 Å². The molecule has 5 nitrogen and oxygen atoms in total. The second-order valence-corrected chi connectivity index (χ2v) is 6.05. The number of aliphatic hydroxyl groups is 2. The number of ether oxygens (including phenoxy) is 2. The van der Waals surface area contributed by atoms with Crippen LogP contribution in [0.3, 0.4) is 0 Å². The summed E-state index contributed by atoms with van der Waals surface area (Å²) < 4.78 is 9.90. The van der Waals surface area contributed by atoms with Gasteiger partial charge < -0.3 is 19.7 Å². The molecule has 0 saturated heterocycles. The van der Waals surface area contributed by atoms with Crippen molar-refractivity contribution in [2.24, 2.45) is 0 Å². The van der Waals surface area contributed by atoms with Crippen LogP contribution in [0.2, 0.25) is 0 Å². The van der Waals surface area contributed by atoms with Crippen LogP contribution in [-0.2, 0) is 9.53 Å². The van der Waals surface area contributed by atoms with Gasteiger partial charge in [-0.2, -0.15) is 0 Å². The summed E-state index contributed by atoms with van der Waals surface area (Å²) in [5, 5.41) is 19.6. The highest BCUT2D eigenvalue weighted by Crippen LogP contribution is 2.10. The van der Waals surface area contributed by atoms with E-state index in [1.54, 1.807) is 38.3 Å². The van der Waals surface area contributed by atoms with E-state index in [9.17, 15) is 15.0 Å². The summed E-state index contributed by atoms with van der Waals surface area (Å²) in [6.07, 6.45) is 6.66. The molecule has 0 saturated carbocycles. The third-order valence-electron chi connectivity index (χ3n) is 3.67. The summed E-state index contributed by atoms with van der Waals surface area (Å²) in [6, 6.07) is 7.40. The highest BCUT2D eigenvalue weighted by molar-refractivity contribution is 5.69. The van der Waals surface area contributed by atoms with Crippen LogP contribution in [-0.4, -0.2) is 42.1 Å². The lowest BCUT2D eigenvalue weighted by atomic mass is 10.1. The molecule has 0 bridgehead atoms. The smallest absolute Gasteiger partial charge is 0.305 e. The Balaban J connectivity index is 2.28. The van der Waals surface area contributed by atoms with Crippen LogP contribution in [0.15, 0.2) is 48.6 Å². The first-order chi connectivity index (χ1) is 14.0. The van der Waals surface area contributed by atoms with Gasteiger partial charge in [-0.3, -0.25) is 4.79 Å². The molecule has 0 amide bonds. The molecule has 1 rings (SSSR count). The number of methoxy groups -OCH3 is 1. The first-order valence-electron chi connectivity index (χ1n) is 9.54. The van der Waals surface area contributed by atoms with E-state index in [0.717, 1.165) is 11.3 Å². The molecule has 0 fully saturated rings. The zero-order chi connectivity index (χ0) is 21.3. The summed E-state index contributed by atoms with van der Waals surface area (Å²) >= 11 is 0. The van der Waals surface area contributed by atoms with Crippen LogP contribution in [0.1, 0.15) is 38.2 Å². The number of allylic oxidation sites excluding steroid dienone is 3. The minimum atomic E-state index is -0.781. The molecule has 1 aromatic carbocycles. The second kappa shape index (κ2) is 15.0. The van der Waals surface area contributed by atoms with Gasteiger partial charge in [0.15, 0.2) is 0 Å². The van der Waals surface area contributed by atoms with Gasteiger partial charge in [0, 0.05) is 18.4 Å². The van der Waals surface area contributed by atoms with E-state index in [1.807, 2.05) is 24.3 Å². The van der Waals surface area contributed by atoms with Crippen molar-refractivity contribution < 1.29 is 24.5 Å². The van der Waals surface area contributed by atoms with E-state index >= 15 is 0 Å². The van der Waals surface area contributed by atoms with Crippen molar-refractivity contribution in [1.29, 1.82) is 0 Å². The Bertz CT molecular complexity index is 785. The zero-order valence-corrected chi connectivity index (χ0v) is 16.9. The average Bonchev–Trinajstić information content (AvgIpc) is 2.71. The molecule has 0 heterocycles. The minimum Gasteiger partial charge on any atom is -0.497 e. The predicted octanol–water partition coefficient (Wildman–Crippen LogP) is 3.01. The first kappa shape index (κ1) is 24.0. The maximum Gasteiger partial charge on any atom is 0.305 e. The number of esters is 1. The third kappa shape index (κ3) is 12.2. The van der Waals surface area contributed by atoms with Gasteiger partial charge >= 0.3 is 5.97 Å². The molecule has 29 heavy (non-hydrogen) atoms. The molecule has 2 atom stereocenters. The normalized spacial score (nSPS) is 12.6. The lowest BCUT2D eigenvalue weighted by Crippen LogP contribution is -2.07. The molecule has 0 radical (unpaired) electrons. The monoisotopic (exact) mass is 396 g/mol. The highest BCUT2D eigenvalue weighted by Gasteiger charge is 2.04. The number of carbonyl (C=O) groups excluding carboxylic acids is 1. The van der Waals surface area contributed by atoms with E-state index in [4.69, 9.17) is 9.47 Å². The number of aliphatic hydroxyl groups excluding tert-OH is 2. The second-order valence-electron chi connectivity index (χ2n) is 6.05. The lowest BCUT2D eigenvalue weighted by molar-refractivity contribution is -0.143. The average molecular weight is 396 g/mol. The molecular weight excluding hydrogens is 368 g/mol. The molecule has 0 spiro atoms. The Labute approximate surface area is 173 Å². The quantitative estimate of drug-likeness (QED) is 0.381. The van der Waals surface area contributed by atoms with Crippen molar-refractivity contribution >= 4 is 5.97 Å². The summed E-state index contributed by atoms with van der Waals surface area (Å²) in [5.74, 6) is 11.8. The Hall–Kier alpha value is -2.99. The summed E-state index contributed by atoms with van der Waals surface area (Å²) in [5.41, 5.74) is 0.859. The van der Waals surface area contributed by atoms with Crippen molar-refractivity contribution in [1.82, 2.24) is 0 Å². The SMILES string of the molecule is CCOC(=O)CCC[C@H](O)C#C/C=C/C=C/[C@H](O)CC#Cc1ccc(OC)cc1. The van der Waals surface area contributed by atoms with Crippen LogP contribution in [0.25, 0.3) is 0 Å². The molecular formula is C24H28O5. The van der Waals surface area contributed by atoms with Gasteiger partial charge in [0.25, 0.3) is 0 Å². The first-order valence-corrected chi connectivity index (χ1v) is 9.54. The Morgan fingerprint density at radius 1 is 1.21 bits per heavy atom. The largest absolute Gasteiger partial charge is 0.497 e. The van der Waals surface area contributed by atoms with Gasteiger partial charge in [-0.1, -0.05) is 41.9 Å². The Kier molecular flexibility index (Phi) is 12.4. The van der Waals surface area contributed by atoms with Crippen molar-refractivity contribution in [2.75, 3.05) is 13.7 Å². The van der Waals surface area contributed by atoms with Gasteiger partial charge in [0.1, 0.15) is 11.9 Å². The molecule has 0 unspecified atom stereocenters. The third-order valence-corrected chi connectivity index (χ3v) is 3.67. The molecule has 5 heteroatoms. The molecule has 1 aromatic rings. The van der Waals surface area contributed by atoms with Gasteiger partial charge in [0.05, 0.1) is 19.8 Å². The number of hydrogen-bond acceptors (Lipinski definition) is 5. The van der Waals surface area contributed by atoms with Crippen LogP contribution in [0.4, 0.5) is 0 Å². The van der Waals surface area contributed by atoms with E-state index in [-0.39, 0.29) is 12.4 Å². The van der Waals surface area contributed by atoms with E-state index in [2.05, 4.69) is 23.7 Å². The molecule has 0 aliphatic rings. The lowest BCUT2D eigenvalue weighted by Gasteiger charge is -2.03. The van der Waals surface area contributed by atoms with Gasteiger partial charge in [-0.05, 0) is 50.1 Å². The van der Waals surface area contributed by atoms with Crippen LogP contribution in [0.5, 0.6) is 5.75 Å². The predicted molar refractivity (Wildman–Crippen MR) is 113 cm³/mol. The molecule has 0 aliphatic heterocycles. The van der Waals surface area contributed by atoms with Gasteiger partial charge in [-0.25, -0.2) is 0 Å². The van der Waals surface area contributed by atoms with Gasteiger partial charge in [-0.15, -0.1) is 0 Å². The summed E-state index contributed by atoms with van der Waals surface area (Å²) in [4.78, 5) is 11.2. The van der Waals surface area contributed by atoms with Gasteiger partial charge in [0.2, 0.25) is 0 Å². The standard InChI is InChI=1S/C24H28O5/c1-3-29-24(27)15-9-14-22(26)12-7-5-4-6-11-21(25)13-8-10-20-16-18-23(28-2)19-17-20/h4-6,11,16-19,21-22,25-26H,3,9,13-15H2,1-2H3/b5-4+,11-6+/t21-,22+/m0/s1. The molecule has 2 N–H and O–H groups in total. The Morgan fingerprint density at radius 3 is 2.66 bits per heavy atom. The molecule has 154 valence electrons. The Morgan fingerprint density at radius 2 is 1.97 bits per heavy atom. The van der Waals surface area contributed by atoms with Crippen molar-refractivity contribution in [3.63, 3.8) is 0 Å². The number of carbonyl (C=O) groups is 1. The summed E-state index contributed by atoms with van der Waals surface area (Å²) in [6.45, 7) is 2.12. The van der Waals surface area contributed by atoms with E-state index in [0.29, 0.717) is 25.9 Å². The summed E-state index contributed by atoms with van der Waals surface area (Å²) in [7, 11) is 1.61. The highest BCUT2D eigenvalue weighted by atomic mass is 16.5. The molecule has 0 aromatic heterocycles. The van der Waals surface area contributed by atoms with E-state index < -0.39 is 12.2 Å². The fourth-order valence-corrected chi connectivity index (χ4v) is 2.19. The minimum absolute atomic E-state index is 0.259. The fraction of sp³-hybridized carbons (Fsp3) is 0.375. The number of rotatable bonds is 9. The van der Waals surface area contributed by atoms with E-state index in [1.165, 1.54) is 0 Å². The van der Waals surface area contributed by atoms with Crippen LogP contribution >= 0.6 is 0 Å². The van der Waals surface area contributed by atoms with Crippen LogP contribution < -0.4 is 4.74 Å². The maximum atomic E-state index is 11.2. The fourth-order valence-electron chi connectivity index (χ4n) is 2.19. The topological polar surface area (TPSA) is 76.0 Å². The van der Waals surface area contributed by atoms with Crippen molar-refractivity contribution in [3.05, 3.63) is 54.1 Å². The maximum absolute atomic E-state index is 11.2. The molecule has 0 aliphatic carbocycles. The zero-order valence-electron chi connectivity index (χ0n) is 16.9.